The van der Waals surface area contributed by atoms with Crippen molar-refractivity contribution < 1.29 is 13.2 Å². The van der Waals surface area contributed by atoms with Crippen LogP contribution in [0.1, 0.15) is 43.7 Å². The van der Waals surface area contributed by atoms with E-state index in [1.807, 2.05) is 12.1 Å². The zero-order valence-corrected chi connectivity index (χ0v) is 16.4. The van der Waals surface area contributed by atoms with Gasteiger partial charge in [0, 0.05) is 17.8 Å². The van der Waals surface area contributed by atoms with Crippen LogP contribution in [0.5, 0.6) is 11.5 Å². The first-order valence-electron chi connectivity index (χ1n) is 9.59. The molecule has 0 amide bonds. The van der Waals surface area contributed by atoms with E-state index >= 15 is 0 Å². The lowest BCUT2D eigenvalue weighted by Gasteiger charge is -2.34. The Hall–Kier alpha value is -2.05. The van der Waals surface area contributed by atoms with Gasteiger partial charge in [0.1, 0.15) is 11.5 Å². The highest BCUT2D eigenvalue weighted by atomic mass is 32.2. The monoisotopic (exact) mass is 386 g/mol. The highest BCUT2D eigenvalue weighted by Gasteiger charge is 2.35. The van der Waals surface area contributed by atoms with Crippen molar-refractivity contribution in [3.05, 3.63) is 54.1 Å². The second kappa shape index (κ2) is 7.52. The summed E-state index contributed by atoms with van der Waals surface area (Å²) in [5.74, 6) is 1.47. The number of fused-ring (bicyclic) bond motifs is 1. The van der Waals surface area contributed by atoms with Crippen molar-refractivity contribution in [2.75, 3.05) is 17.5 Å². The van der Waals surface area contributed by atoms with Gasteiger partial charge in [0.2, 0.25) is 10.0 Å². The van der Waals surface area contributed by atoms with E-state index < -0.39 is 10.0 Å². The number of nitrogens with zero attached hydrogens (tertiary/aromatic N) is 1. The van der Waals surface area contributed by atoms with Gasteiger partial charge in [-0.15, -0.1) is 0 Å². The van der Waals surface area contributed by atoms with Crippen molar-refractivity contribution in [2.45, 2.75) is 44.2 Å². The van der Waals surface area contributed by atoms with Crippen LogP contribution in [0.15, 0.2) is 48.5 Å². The van der Waals surface area contributed by atoms with E-state index in [1.165, 1.54) is 44.2 Å². The number of benzene rings is 2. The minimum atomic E-state index is -3.27. The third-order valence-corrected chi connectivity index (χ3v) is 6.11. The standard InChI is InChI=1S/C21H26N2O3S/c1-27(24,25)22-17-7-12-20(13-8-17)26-19-10-5-16(6-11-19)21-14-9-18-4-2-3-15-23(18)21/h5-8,10-13,18,21-22H,2-4,9,14-15H2,1H3/t18-,21-/m1/s1. The van der Waals surface area contributed by atoms with Crippen molar-refractivity contribution in [1.29, 1.82) is 0 Å². The smallest absolute Gasteiger partial charge is 0.229 e. The van der Waals surface area contributed by atoms with Gasteiger partial charge in [0.15, 0.2) is 0 Å². The van der Waals surface area contributed by atoms with E-state index in [1.54, 1.807) is 24.3 Å². The molecule has 144 valence electrons. The van der Waals surface area contributed by atoms with E-state index in [-0.39, 0.29) is 0 Å². The Kier molecular flexibility index (Phi) is 5.10. The van der Waals surface area contributed by atoms with Crippen molar-refractivity contribution in [1.82, 2.24) is 4.90 Å². The van der Waals surface area contributed by atoms with Gasteiger partial charge in [-0.25, -0.2) is 8.42 Å². The fourth-order valence-electron chi connectivity index (χ4n) is 4.32. The second-order valence-electron chi connectivity index (χ2n) is 7.55. The third kappa shape index (κ3) is 4.45. The molecule has 2 saturated heterocycles. The number of hydrogen-bond donors (Lipinski definition) is 1. The Bertz CT molecular complexity index is 879. The van der Waals surface area contributed by atoms with Crippen molar-refractivity contribution in [2.24, 2.45) is 0 Å². The molecule has 27 heavy (non-hydrogen) atoms. The summed E-state index contributed by atoms with van der Waals surface area (Å²) < 4.78 is 30.9. The minimum absolute atomic E-state index is 0.525. The summed E-state index contributed by atoms with van der Waals surface area (Å²) >= 11 is 0. The largest absolute Gasteiger partial charge is 0.457 e. The summed E-state index contributed by atoms with van der Waals surface area (Å²) in [5, 5.41) is 0. The molecular formula is C21H26N2O3S. The Morgan fingerprint density at radius 3 is 2.26 bits per heavy atom. The maximum absolute atomic E-state index is 11.3. The molecule has 0 aliphatic carbocycles. The van der Waals surface area contributed by atoms with Gasteiger partial charge in [-0.3, -0.25) is 9.62 Å². The van der Waals surface area contributed by atoms with Crippen LogP contribution in [0.25, 0.3) is 0 Å². The van der Waals surface area contributed by atoms with E-state index in [0.717, 1.165) is 18.0 Å². The molecule has 0 radical (unpaired) electrons. The first-order valence-corrected chi connectivity index (χ1v) is 11.5. The molecule has 2 aliphatic heterocycles. The summed E-state index contributed by atoms with van der Waals surface area (Å²) in [4.78, 5) is 2.69. The molecule has 5 nitrogen and oxygen atoms in total. The summed E-state index contributed by atoms with van der Waals surface area (Å²) in [5.41, 5.74) is 1.90. The Morgan fingerprint density at radius 1 is 0.926 bits per heavy atom. The molecule has 2 atom stereocenters. The molecule has 2 fully saturated rings. The highest BCUT2D eigenvalue weighted by Crippen LogP contribution is 2.40. The van der Waals surface area contributed by atoms with Gasteiger partial charge in [-0.2, -0.15) is 0 Å². The van der Waals surface area contributed by atoms with Gasteiger partial charge in [-0.1, -0.05) is 18.6 Å². The lowest BCUT2D eigenvalue weighted by molar-refractivity contribution is 0.150. The number of rotatable bonds is 5. The minimum Gasteiger partial charge on any atom is -0.457 e. The Morgan fingerprint density at radius 2 is 1.59 bits per heavy atom. The third-order valence-electron chi connectivity index (χ3n) is 5.50. The van der Waals surface area contributed by atoms with Crippen LogP contribution in [0.4, 0.5) is 5.69 Å². The van der Waals surface area contributed by atoms with Gasteiger partial charge >= 0.3 is 0 Å². The number of ether oxygens (including phenoxy) is 1. The molecule has 0 unspecified atom stereocenters. The molecule has 0 aromatic heterocycles. The average Bonchev–Trinajstić information content (AvgIpc) is 3.07. The van der Waals surface area contributed by atoms with E-state index in [4.69, 9.17) is 4.74 Å². The maximum Gasteiger partial charge on any atom is 0.229 e. The van der Waals surface area contributed by atoms with E-state index in [2.05, 4.69) is 21.8 Å². The summed E-state index contributed by atoms with van der Waals surface area (Å²) in [6.07, 6.45) is 7.74. The fourth-order valence-corrected chi connectivity index (χ4v) is 4.88. The van der Waals surface area contributed by atoms with Gasteiger partial charge in [-0.05, 0) is 74.2 Å². The Balaban J connectivity index is 1.41. The zero-order valence-electron chi connectivity index (χ0n) is 15.6. The molecule has 1 N–H and O–H groups in total. The SMILES string of the molecule is CS(=O)(=O)Nc1ccc(Oc2ccc([C@H]3CC[C@H]4CCCCN43)cc2)cc1. The predicted octanol–water partition coefficient (Wildman–Crippen LogP) is 4.54. The molecular weight excluding hydrogens is 360 g/mol. The summed E-state index contributed by atoms with van der Waals surface area (Å²) in [6.45, 7) is 1.22. The lowest BCUT2D eigenvalue weighted by atomic mass is 10.0. The van der Waals surface area contributed by atoms with Gasteiger partial charge in [0.25, 0.3) is 0 Å². The molecule has 6 heteroatoms. The number of anilines is 1. The predicted molar refractivity (Wildman–Crippen MR) is 108 cm³/mol. The van der Waals surface area contributed by atoms with E-state index in [0.29, 0.717) is 17.5 Å². The van der Waals surface area contributed by atoms with Crippen molar-refractivity contribution in [3.8, 4) is 11.5 Å². The number of hydrogen-bond acceptors (Lipinski definition) is 4. The van der Waals surface area contributed by atoms with E-state index in [9.17, 15) is 8.42 Å². The van der Waals surface area contributed by atoms with Crippen LogP contribution in [0.3, 0.4) is 0 Å². The molecule has 2 heterocycles. The molecule has 0 spiro atoms. The number of sulfonamides is 1. The topological polar surface area (TPSA) is 58.6 Å². The van der Waals surface area contributed by atoms with Crippen molar-refractivity contribution >= 4 is 15.7 Å². The molecule has 2 aromatic carbocycles. The second-order valence-corrected chi connectivity index (χ2v) is 9.30. The van der Waals surface area contributed by atoms with Crippen LogP contribution in [-0.2, 0) is 10.0 Å². The normalized spacial score (nSPS) is 23.0. The highest BCUT2D eigenvalue weighted by molar-refractivity contribution is 7.92. The van der Waals surface area contributed by atoms with Crippen LogP contribution >= 0.6 is 0 Å². The molecule has 2 aliphatic rings. The number of piperidine rings is 1. The summed E-state index contributed by atoms with van der Waals surface area (Å²) in [6, 6.07) is 16.6. The van der Waals surface area contributed by atoms with Crippen LogP contribution in [-0.4, -0.2) is 32.2 Å². The number of nitrogens with one attached hydrogen (secondary N) is 1. The maximum atomic E-state index is 11.3. The zero-order chi connectivity index (χ0) is 18.9. The first-order chi connectivity index (χ1) is 13.0. The molecule has 2 aromatic rings. The fraction of sp³-hybridized carbons (Fsp3) is 0.429. The van der Waals surface area contributed by atoms with Gasteiger partial charge < -0.3 is 4.74 Å². The van der Waals surface area contributed by atoms with Crippen molar-refractivity contribution in [3.63, 3.8) is 0 Å². The molecule has 4 rings (SSSR count). The van der Waals surface area contributed by atoms with Crippen LogP contribution in [0, 0.1) is 0 Å². The Labute approximate surface area is 161 Å². The van der Waals surface area contributed by atoms with Gasteiger partial charge in [0.05, 0.1) is 6.26 Å². The first kappa shape index (κ1) is 18.3. The van der Waals surface area contributed by atoms with Crippen LogP contribution in [0.2, 0.25) is 0 Å². The summed E-state index contributed by atoms with van der Waals surface area (Å²) in [7, 11) is -3.27. The molecule has 0 bridgehead atoms. The quantitative estimate of drug-likeness (QED) is 0.820. The van der Waals surface area contributed by atoms with Crippen LogP contribution < -0.4 is 9.46 Å². The average molecular weight is 387 g/mol. The lowest BCUT2D eigenvalue weighted by Crippen LogP contribution is -2.35. The molecule has 0 saturated carbocycles.